The van der Waals surface area contributed by atoms with Crippen molar-refractivity contribution in [3.8, 4) is 0 Å². The smallest absolute Gasteiger partial charge is 0.310 e. The van der Waals surface area contributed by atoms with E-state index in [9.17, 15) is 4.79 Å². The molecular weight excluding hydrogens is 160 g/mol. The molecule has 0 spiro atoms. The van der Waals surface area contributed by atoms with E-state index in [4.69, 9.17) is 5.11 Å². The van der Waals surface area contributed by atoms with Gasteiger partial charge < -0.3 is 10.4 Å². The first kappa shape index (κ1) is 7.08. The lowest BCUT2D eigenvalue weighted by atomic mass is 10.1. The highest BCUT2D eigenvalue weighted by Crippen LogP contribution is 2.13. The average Bonchev–Trinajstić information content (AvgIpc) is 2.49. The Kier molecular flexibility index (Phi) is 1.46. The average molecular weight is 168 g/mol. The van der Waals surface area contributed by atoms with Crippen LogP contribution >= 0.6 is 0 Å². The molecule has 0 aliphatic carbocycles. The summed E-state index contributed by atoms with van der Waals surface area (Å²) in [5.74, 6) is -0.525. The number of anilines is 1. The van der Waals surface area contributed by atoms with E-state index in [0.717, 1.165) is 0 Å². The second-order valence-corrected chi connectivity index (χ2v) is 2.72. The molecule has 0 saturated heterocycles. The van der Waals surface area contributed by atoms with Crippen molar-refractivity contribution in [3.05, 3.63) is 6.33 Å². The molecule has 6 heteroatoms. The molecule has 12 heavy (non-hydrogen) atoms. The predicted molar refractivity (Wildman–Crippen MR) is 39.6 cm³/mol. The molecule has 2 rings (SSSR count). The van der Waals surface area contributed by atoms with Gasteiger partial charge in [-0.3, -0.25) is 9.36 Å². The lowest BCUT2D eigenvalue weighted by molar-refractivity contribution is -0.141. The van der Waals surface area contributed by atoms with Crippen molar-refractivity contribution in [2.45, 2.75) is 6.54 Å². The van der Waals surface area contributed by atoms with E-state index in [0.29, 0.717) is 19.0 Å². The van der Waals surface area contributed by atoms with Crippen LogP contribution in [0.25, 0.3) is 0 Å². The van der Waals surface area contributed by atoms with Crippen molar-refractivity contribution in [2.24, 2.45) is 5.92 Å². The van der Waals surface area contributed by atoms with E-state index < -0.39 is 5.97 Å². The molecule has 0 radical (unpaired) electrons. The van der Waals surface area contributed by atoms with Gasteiger partial charge in [0.05, 0.1) is 5.92 Å². The molecule has 2 heterocycles. The Balaban J connectivity index is 2.20. The molecule has 1 unspecified atom stereocenters. The molecule has 6 nitrogen and oxygen atoms in total. The van der Waals surface area contributed by atoms with Crippen LogP contribution in [-0.2, 0) is 11.3 Å². The first-order valence-corrected chi connectivity index (χ1v) is 3.62. The summed E-state index contributed by atoms with van der Waals surface area (Å²) >= 11 is 0. The highest BCUT2D eigenvalue weighted by Gasteiger charge is 2.24. The number of aliphatic carboxylic acids is 1. The van der Waals surface area contributed by atoms with Gasteiger partial charge >= 0.3 is 5.97 Å². The van der Waals surface area contributed by atoms with Crippen molar-refractivity contribution in [1.82, 2.24) is 14.8 Å². The molecule has 0 aromatic carbocycles. The predicted octanol–water partition coefficient (Wildman–Crippen LogP) is -0.596. The zero-order valence-electron chi connectivity index (χ0n) is 6.27. The SMILES string of the molecule is O=C(O)C1CNc2nncn2C1. The minimum absolute atomic E-state index is 0.381. The van der Waals surface area contributed by atoms with Gasteiger partial charge in [-0.1, -0.05) is 0 Å². The highest BCUT2D eigenvalue weighted by molar-refractivity contribution is 5.71. The number of nitrogens with one attached hydrogen (secondary N) is 1. The quantitative estimate of drug-likeness (QED) is 0.585. The molecule has 1 aliphatic heterocycles. The van der Waals surface area contributed by atoms with Gasteiger partial charge in [-0.2, -0.15) is 0 Å². The molecule has 1 aliphatic rings. The number of rotatable bonds is 1. The number of carboxylic acids is 1. The summed E-state index contributed by atoms with van der Waals surface area (Å²) < 4.78 is 1.70. The van der Waals surface area contributed by atoms with Crippen LogP contribution in [0.1, 0.15) is 0 Å². The Hall–Kier alpha value is -1.59. The Morgan fingerprint density at radius 1 is 1.83 bits per heavy atom. The Morgan fingerprint density at radius 2 is 2.67 bits per heavy atom. The van der Waals surface area contributed by atoms with Crippen LogP contribution in [0.3, 0.4) is 0 Å². The zero-order chi connectivity index (χ0) is 8.55. The van der Waals surface area contributed by atoms with Crippen LogP contribution < -0.4 is 5.32 Å². The summed E-state index contributed by atoms with van der Waals surface area (Å²) in [6, 6.07) is 0. The van der Waals surface area contributed by atoms with Crippen molar-refractivity contribution in [2.75, 3.05) is 11.9 Å². The van der Waals surface area contributed by atoms with Crippen LogP contribution in [0.2, 0.25) is 0 Å². The first-order valence-electron chi connectivity index (χ1n) is 3.62. The van der Waals surface area contributed by atoms with Gasteiger partial charge in [0.25, 0.3) is 0 Å². The van der Waals surface area contributed by atoms with Crippen LogP contribution in [-0.4, -0.2) is 32.4 Å². The fourth-order valence-electron chi connectivity index (χ4n) is 1.21. The topological polar surface area (TPSA) is 80.0 Å². The van der Waals surface area contributed by atoms with Gasteiger partial charge in [0.15, 0.2) is 0 Å². The number of hydrogen-bond donors (Lipinski definition) is 2. The molecular formula is C6H8N4O2. The largest absolute Gasteiger partial charge is 0.481 e. The molecule has 0 fully saturated rings. The third kappa shape index (κ3) is 1.01. The fraction of sp³-hybridized carbons (Fsp3) is 0.500. The molecule has 1 aromatic heterocycles. The summed E-state index contributed by atoms with van der Waals surface area (Å²) in [4.78, 5) is 10.6. The van der Waals surface area contributed by atoms with Crippen molar-refractivity contribution < 1.29 is 9.90 Å². The molecule has 1 aromatic rings. The summed E-state index contributed by atoms with van der Waals surface area (Å²) in [6.45, 7) is 0.874. The van der Waals surface area contributed by atoms with E-state index in [2.05, 4.69) is 15.5 Å². The van der Waals surface area contributed by atoms with Gasteiger partial charge in [0.1, 0.15) is 6.33 Å². The third-order valence-corrected chi connectivity index (χ3v) is 1.89. The van der Waals surface area contributed by atoms with Crippen LogP contribution in [0.4, 0.5) is 5.95 Å². The summed E-state index contributed by atoms with van der Waals surface area (Å²) in [7, 11) is 0. The second-order valence-electron chi connectivity index (χ2n) is 2.72. The van der Waals surface area contributed by atoms with E-state index in [1.807, 2.05) is 0 Å². The van der Waals surface area contributed by atoms with Gasteiger partial charge in [0, 0.05) is 13.1 Å². The number of hydrogen-bond acceptors (Lipinski definition) is 4. The summed E-state index contributed by atoms with van der Waals surface area (Å²) in [5, 5.41) is 19.0. The summed E-state index contributed by atoms with van der Waals surface area (Å²) in [5.41, 5.74) is 0. The third-order valence-electron chi connectivity index (χ3n) is 1.89. The maximum Gasteiger partial charge on any atom is 0.310 e. The second kappa shape index (κ2) is 2.47. The number of carbonyl (C=O) groups is 1. The molecule has 0 saturated carbocycles. The number of aromatic nitrogens is 3. The maximum absolute atomic E-state index is 10.6. The standard InChI is InChI=1S/C6H8N4O2/c11-5(12)4-1-7-6-9-8-3-10(6)2-4/h3-4H,1-2H2,(H,7,9)(H,11,12). The number of nitrogens with zero attached hydrogens (tertiary/aromatic N) is 3. The number of fused-ring (bicyclic) bond motifs is 1. The van der Waals surface area contributed by atoms with Crippen molar-refractivity contribution in [3.63, 3.8) is 0 Å². The van der Waals surface area contributed by atoms with Gasteiger partial charge in [-0.25, -0.2) is 0 Å². The van der Waals surface area contributed by atoms with Crippen molar-refractivity contribution >= 4 is 11.9 Å². The minimum atomic E-state index is -0.790. The highest BCUT2D eigenvalue weighted by atomic mass is 16.4. The van der Waals surface area contributed by atoms with E-state index in [1.165, 1.54) is 6.33 Å². The van der Waals surface area contributed by atoms with Crippen molar-refractivity contribution in [1.29, 1.82) is 0 Å². The van der Waals surface area contributed by atoms with Crippen LogP contribution in [0, 0.1) is 5.92 Å². The lowest BCUT2D eigenvalue weighted by Gasteiger charge is -2.20. The van der Waals surface area contributed by atoms with Gasteiger partial charge in [-0.05, 0) is 0 Å². The number of carboxylic acid groups (broad SMARTS) is 1. The van der Waals surface area contributed by atoms with E-state index in [-0.39, 0.29) is 5.92 Å². The van der Waals surface area contributed by atoms with E-state index in [1.54, 1.807) is 4.57 Å². The monoisotopic (exact) mass is 168 g/mol. The Labute approximate surface area is 68.2 Å². The van der Waals surface area contributed by atoms with E-state index >= 15 is 0 Å². The molecule has 64 valence electrons. The molecule has 0 amide bonds. The summed E-state index contributed by atoms with van der Waals surface area (Å²) in [6.07, 6.45) is 1.53. The van der Waals surface area contributed by atoms with Crippen LogP contribution in [0.5, 0.6) is 0 Å². The maximum atomic E-state index is 10.6. The van der Waals surface area contributed by atoms with Gasteiger partial charge in [-0.15, -0.1) is 10.2 Å². The van der Waals surface area contributed by atoms with Crippen LogP contribution in [0.15, 0.2) is 6.33 Å². The molecule has 1 atom stereocenters. The van der Waals surface area contributed by atoms with Gasteiger partial charge in [0.2, 0.25) is 5.95 Å². The Morgan fingerprint density at radius 3 is 3.42 bits per heavy atom. The fourth-order valence-corrected chi connectivity index (χ4v) is 1.21. The molecule has 2 N–H and O–H groups in total. The lowest BCUT2D eigenvalue weighted by Crippen LogP contribution is -2.32. The minimum Gasteiger partial charge on any atom is -0.481 e. The normalized spacial score (nSPS) is 21.2. The first-order chi connectivity index (χ1) is 5.77. The Bertz CT molecular complexity index is 308. The molecule has 0 bridgehead atoms. The zero-order valence-corrected chi connectivity index (χ0v) is 6.27.